The Hall–Kier alpha value is -1.29. The van der Waals surface area contributed by atoms with Crippen molar-refractivity contribution in [2.75, 3.05) is 38.1 Å². The molecule has 0 radical (unpaired) electrons. The summed E-state index contributed by atoms with van der Waals surface area (Å²) >= 11 is 0. The van der Waals surface area contributed by atoms with Crippen LogP contribution >= 0.6 is 0 Å². The summed E-state index contributed by atoms with van der Waals surface area (Å²) in [6.45, 7) is 4.65. The molecular weight excluding hydrogens is 243 g/mol. The lowest BCUT2D eigenvalue weighted by Crippen LogP contribution is -2.33. The summed E-state index contributed by atoms with van der Waals surface area (Å²) in [5, 5.41) is 3.25. The molecule has 0 aliphatic carbocycles. The summed E-state index contributed by atoms with van der Waals surface area (Å²) in [5.74, 6) is 0.145. The van der Waals surface area contributed by atoms with Crippen LogP contribution in [0.1, 0.15) is 24.8 Å². The zero-order chi connectivity index (χ0) is 13.1. The molecule has 2 heterocycles. The second-order valence-electron chi connectivity index (χ2n) is 5.37. The van der Waals surface area contributed by atoms with E-state index in [9.17, 15) is 4.39 Å². The minimum absolute atomic E-state index is 0.235. The van der Waals surface area contributed by atoms with Crippen molar-refractivity contribution < 1.29 is 9.13 Å². The third-order valence-corrected chi connectivity index (χ3v) is 3.98. The highest BCUT2D eigenvalue weighted by Crippen LogP contribution is 2.29. The molecule has 0 bridgehead atoms. The highest BCUT2D eigenvalue weighted by Gasteiger charge is 2.15. The maximum Gasteiger partial charge on any atom is 0.165 e. The van der Waals surface area contributed by atoms with Crippen LogP contribution in [0.25, 0.3) is 0 Å². The van der Waals surface area contributed by atoms with Crippen molar-refractivity contribution in [3.63, 3.8) is 0 Å². The number of hydrogen-bond acceptors (Lipinski definition) is 3. The molecule has 3 rings (SSSR count). The second-order valence-corrected chi connectivity index (χ2v) is 5.37. The highest BCUT2D eigenvalue weighted by atomic mass is 19.1. The molecule has 0 amide bonds. The summed E-state index contributed by atoms with van der Waals surface area (Å²) < 4.78 is 19.5. The first-order chi connectivity index (χ1) is 9.33. The molecule has 19 heavy (non-hydrogen) atoms. The van der Waals surface area contributed by atoms with E-state index in [1.54, 1.807) is 12.1 Å². The van der Waals surface area contributed by atoms with E-state index >= 15 is 0 Å². The first kappa shape index (κ1) is 12.7. The van der Waals surface area contributed by atoms with Gasteiger partial charge in [0.2, 0.25) is 0 Å². The van der Waals surface area contributed by atoms with Gasteiger partial charge in [0.25, 0.3) is 0 Å². The summed E-state index contributed by atoms with van der Waals surface area (Å²) in [4.78, 5) is 2.40. The predicted molar refractivity (Wildman–Crippen MR) is 74.4 cm³/mol. The van der Waals surface area contributed by atoms with E-state index in [2.05, 4.69) is 10.2 Å². The summed E-state index contributed by atoms with van der Waals surface area (Å²) in [7, 11) is 0. The van der Waals surface area contributed by atoms with Gasteiger partial charge in [-0.1, -0.05) is 6.42 Å². The molecule has 2 aliphatic heterocycles. The fourth-order valence-corrected chi connectivity index (χ4v) is 2.88. The average Bonchev–Trinajstić information content (AvgIpc) is 2.87. The Morgan fingerprint density at radius 1 is 1.21 bits per heavy atom. The molecule has 4 heteroatoms. The first-order valence-electron chi connectivity index (χ1n) is 7.24. The van der Waals surface area contributed by atoms with E-state index in [1.807, 2.05) is 0 Å². The van der Waals surface area contributed by atoms with Crippen molar-refractivity contribution in [3.8, 4) is 5.75 Å². The molecule has 0 unspecified atom stereocenters. The molecule has 1 saturated heterocycles. The molecule has 104 valence electrons. The summed E-state index contributed by atoms with van der Waals surface area (Å²) in [6, 6.07) is 3.40. The van der Waals surface area contributed by atoms with Crippen LogP contribution in [0.5, 0.6) is 5.75 Å². The number of halogens is 1. The van der Waals surface area contributed by atoms with Crippen molar-refractivity contribution >= 4 is 5.69 Å². The lowest BCUT2D eigenvalue weighted by molar-refractivity contribution is 0.180. The Balaban J connectivity index is 1.54. The van der Waals surface area contributed by atoms with E-state index in [4.69, 9.17) is 4.74 Å². The number of piperidine rings is 1. The van der Waals surface area contributed by atoms with Crippen LogP contribution in [0.2, 0.25) is 0 Å². The molecule has 0 atom stereocenters. The molecule has 1 aromatic rings. The van der Waals surface area contributed by atoms with Gasteiger partial charge in [-0.3, -0.25) is 4.90 Å². The zero-order valence-corrected chi connectivity index (χ0v) is 11.3. The van der Waals surface area contributed by atoms with Gasteiger partial charge in [-0.25, -0.2) is 4.39 Å². The number of nitrogens with one attached hydrogen (secondary N) is 1. The standard InChI is InChI=1S/C15H21FN2O/c16-13-10-12-4-5-17-14(12)11-15(13)19-9-8-18-6-2-1-3-7-18/h10-11,17H,1-9H2. The number of benzene rings is 1. The fraction of sp³-hybridized carbons (Fsp3) is 0.600. The number of ether oxygens (including phenoxy) is 1. The van der Waals surface area contributed by atoms with E-state index in [1.165, 1.54) is 19.3 Å². The molecule has 0 spiro atoms. The summed E-state index contributed by atoms with van der Waals surface area (Å²) in [6.07, 6.45) is 4.79. The predicted octanol–water partition coefficient (Wildman–Crippen LogP) is 2.66. The third kappa shape index (κ3) is 3.00. The van der Waals surface area contributed by atoms with Gasteiger partial charge in [0.1, 0.15) is 6.61 Å². The second kappa shape index (κ2) is 5.78. The van der Waals surface area contributed by atoms with Crippen molar-refractivity contribution in [2.45, 2.75) is 25.7 Å². The van der Waals surface area contributed by atoms with Gasteiger partial charge >= 0.3 is 0 Å². The molecule has 2 aliphatic rings. The summed E-state index contributed by atoms with van der Waals surface area (Å²) in [5.41, 5.74) is 2.08. The molecular formula is C15H21FN2O. The number of fused-ring (bicyclic) bond motifs is 1. The quantitative estimate of drug-likeness (QED) is 0.905. The van der Waals surface area contributed by atoms with Crippen molar-refractivity contribution in [2.24, 2.45) is 0 Å². The lowest BCUT2D eigenvalue weighted by atomic mass is 10.1. The van der Waals surface area contributed by atoms with E-state index in [-0.39, 0.29) is 5.82 Å². The van der Waals surface area contributed by atoms with Gasteiger partial charge in [0.15, 0.2) is 11.6 Å². The normalized spacial score (nSPS) is 19.0. The van der Waals surface area contributed by atoms with E-state index in [0.717, 1.165) is 43.9 Å². The van der Waals surface area contributed by atoms with Gasteiger partial charge in [0.05, 0.1) is 0 Å². The van der Waals surface area contributed by atoms with Gasteiger partial charge in [-0.05, 0) is 44.0 Å². The molecule has 1 N–H and O–H groups in total. The monoisotopic (exact) mass is 264 g/mol. The molecule has 0 aromatic heterocycles. The van der Waals surface area contributed by atoms with Crippen molar-refractivity contribution in [1.29, 1.82) is 0 Å². The minimum Gasteiger partial charge on any atom is -0.489 e. The van der Waals surface area contributed by atoms with Crippen LogP contribution in [0.15, 0.2) is 12.1 Å². The SMILES string of the molecule is Fc1cc2c(cc1OCCN1CCCCC1)NCC2. The van der Waals surface area contributed by atoms with Gasteiger partial charge in [-0.15, -0.1) is 0 Å². The largest absolute Gasteiger partial charge is 0.489 e. The van der Waals surface area contributed by atoms with Crippen LogP contribution in [0.3, 0.4) is 0 Å². The van der Waals surface area contributed by atoms with Gasteiger partial charge < -0.3 is 10.1 Å². The van der Waals surface area contributed by atoms with Crippen molar-refractivity contribution in [3.05, 3.63) is 23.5 Å². The minimum atomic E-state index is -0.235. The van der Waals surface area contributed by atoms with Gasteiger partial charge in [-0.2, -0.15) is 0 Å². The smallest absolute Gasteiger partial charge is 0.165 e. The molecule has 1 fully saturated rings. The van der Waals surface area contributed by atoms with Crippen LogP contribution in [0.4, 0.5) is 10.1 Å². The number of likely N-dealkylation sites (tertiary alicyclic amines) is 1. The number of nitrogens with zero attached hydrogens (tertiary/aromatic N) is 1. The van der Waals surface area contributed by atoms with Crippen LogP contribution in [-0.4, -0.2) is 37.7 Å². The fourth-order valence-electron chi connectivity index (χ4n) is 2.88. The number of hydrogen-bond donors (Lipinski definition) is 1. The molecule has 3 nitrogen and oxygen atoms in total. The first-order valence-corrected chi connectivity index (χ1v) is 7.24. The lowest BCUT2D eigenvalue weighted by Gasteiger charge is -2.26. The molecule has 1 aromatic carbocycles. The van der Waals surface area contributed by atoms with E-state index < -0.39 is 0 Å². The Morgan fingerprint density at radius 2 is 2.05 bits per heavy atom. The topological polar surface area (TPSA) is 24.5 Å². The van der Waals surface area contributed by atoms with Crippen molar-refractivity contribution in [1.82, 2.24) is 4.90 Å². The Labute approximate surface area is 113 Å². The Morgan fingerprint density at radius 3 is 2.89 bits per heavy atom. The average molecular weight is 264 g/mol. The number of anilines is 1. The highest BCUT2D eigenvalue weighted by molar-refractivity contribution is 5.59. The maximum absolute atomic E-state index is 13.8. The number of rotatable bonds is 4. The van der Waals surface area contributed by atoms with Crippen LogP contribution in [-0.2, 0) is 6.42 Å². The Kier molecular flexibility index (Phi) is 3.87. The van der Waals surface area contributed by atoms with Crippen LogP contribution in [0, 0.1) is 5.82 Å². The van der Waals surface area contributed by atoms with Crippen LogP contribution < -0.4 is 10.1 Å². The van der Waals surface area contributed by atoms with Gasteiger partial charge in [0, 0.05) is 24.8 Å². The zero-order valence-electron chi connectivity index (χ0n) is 11.3. The van der Waals surface area contributed by atoms with E-state index in [0.29, 0.717) is 12.4 Å². The Bertz CT molecular complexity index is 444. The maximum atomic E-state index is 13.8. The third-order valence-electron chi connectivity index (χ3n) is 3.98. The molecule has 0 saturated carbocycles.